The largest absolute Gasteiger partial charge is 0.291 e. The fourth-order valence-corrected chi connectivity index (χ4v) is 5.14. The number of hydrogen-bond donors (Lipinski definition) is 1. The number of aromatic nitrogens is 3. The summed E-state index contributed by atoms with van der Waals surface area (Å²) in [6, 6.07) is 19.9. The van der Waals surface area contributed by atoms with Crippen molar-refractivity contribution in [1.29, 1.82) is 0 Å². The Hall–Kier alpha value is -3.51. The third-order valence-corrected chi connectivity index (χ3v) is 6.42. The van der Waals surface area contributed by atoms with Gasteiger partial charge in [-0.05, 0) is 62.2 Å². The van der Waals surface area contributed by atoms with Crippen molar-refractivity contribution in [3.05, 3.63) is 82.4 Å². The van der Waals surface area contributed by atoms with Gasteiger partial charge in [0.2, 0.25) is 5.95 Å². The van der Waals surface area contributed by atoms with Gasteiger partial charge in [0, 0.05) is 16.8 Å². The first-order chi connectivity index (χ1) is 14.5. The normalized spacial score (nSPS) is 11.3. The molecule has 0 aliphatic carbocycles. The number of thiophene rings is 1. The molecule has 5 aromatic rings. The molecule has 2 aromatic carbocycles. The fourth-order valence-electron chi connectivity index (χ4n) is 3.94. The first-order valence-corrected chi connectivity index (χ1v) is 10.6. The number of carbonyl (C=O) groups excluding carboxylic acids is 1. The lowest BCUT2D eigenvalue weighted by atomic mass is 10.1. The SMILES string of the molecule is Cc1cc(C)c2c(C)c(C(=O)Nc3nc4ccccc4n3-c3ccccc3)sc2n1. The number of pyridine rings is 1. The summed E-state index contributed by atoms with van der Waals surface area (Å²) < 4.78 is 1.98. The summed E-state index contributed by atoms with van der Waals surface area (Å²) in [5.74, 6) is 0.338. The first-order valence-electron chi connectivity index (χ1n) is 9.74. The van der Waals surface area contributed by atoms with Crippen molar-refractivity contribution in [1.82, 2.24) is 14.5 Å². The molecule has 0 aliphatic rings. The van der Waals surface area contributed by atoms with Crippen molar-refractivity contribution in [2.24, 2.45) is 0 Å². The molecule has 148 valence electrons. The quantitative estimate of drug-likeness (QED) is 0.407. The molecule has 0 atom stereocenters. The third-order valence-electron chi connectivity index (χ3n) is 5.23. The van der Waals surface area contributed by atoms with Gasteiger partial charge >= 0.3 is 0 Å². The lowest BCUT2D eigenvalue weighted by Crippen LogP contribution is -2.15. The summed E-state index contributed by atoms with van der Waals surface area (Å²) in [4.78, 5) is 24.2. The Labute approximate surface area is 178 Å². The third kappa shape index (κ3) is 2.97. The minimum Gasteiger partial charge on any atom is -0.291 e. The van der Waals surface area contributed by atoms with Gasteiger partial charge in [0.25, 0.3) is 5.91 Å². The van der Waals surface area contributed by atoms with Crippen molar-refractivity contribution in [2.75, 3.05) is 5.32 Å². The second-order valence-corrected chi connectivity index (χ2v) is 8.37. The molecular formula is C24H20N4OS. The minimum absolute atomic E-state index is 0.167. The van der Waals surface area contributed by atoms with Crippen LogP contribution in [0.15, 0.2) is 60.7 Å². The van der Waals surface area contributed by atoms with E-state index in [1.54, 1.807) is 0 Å². The monoisotopic (exact) mass is 412 g/mol. The van der Waals surface area contributed by atoms with Crippen LogP contribution in [0.4, 0.5) is 5.95 Å². The molecular weight excluding hydrogens is 392 g/mol. The molecule has 0 unspecified atom stereocenters. The molecule has 0 radical (unpaired) electrons. The molecule has 0 aliphatic heterocycles. The number of aryl methyl sites for hydroxylation is 3. The van der Waals surface area contributed by atoms with Gasteiger partial charge in [0.1, 0.15) is 4.83 Å². The summed E-state index contributed by atoms with van der Waals surface area (Å²) >= 11 is 1.43. The number of carbonyl (C=O) groups is 1. The highest BCUT2D eigenvalue weighted by molar-refractivity contribution is 7.20. The maximum Gasteiger partial charge on any atom is 0.268 e. The van der Waals surface area contributed by atoms with Crippen molar-refractivity contribution in [3.63, 3.8) is 0 Å². The number of fused-ring (bicyclic) bond motifs is 2. The molecule has 0 fully saturated rings. The number of rotatable bonds is 3. The average molecular weight is 413 g/mol. The lowest BCUT2D eigenvalue weighted by molar-refractivity contribution is 0.102. The Bertz CT molecular complexity index is 1420. The maximum atomic E-state index is 13.3. The molecule has 0 bridgehead atoms. The van der Waals surface area contributed by atoms with Gasteiger partial charge in [-0.2, -0.15) is 0 Å². The van der Waals surface area contributed by atoms with E-state index in [-0.39, 0.29) is 5.91 Å². The van der Waals surface area contributed by atoms with Crippen LogP contribution in [0.1, 0.15) is 26.5 Å². The van der Waals surface area contributed by atoms with E-state index in [0.717, 1.165) is 43.8 Å². The molecule has 5 nitrogen and oxygen atoms in total. The number of imidazole rings is 1. The van der Waals surface area contributed by atoms with Crippen LogP contribution in [0.25, 0.3) is 26.9 Å². The van der Waals surface area contributed by atoms with Crippen LogP contribution in [0.3, 0.4) is 0 Å². The summed E-state index contributed by atoms with van der Waals surface area (Å²) in [7, 11) is 0. The predicted octanol–water partition coefficient (Wildman–Crippen LogP) is 5.81. The standard InChI is InChI=1S/C24H20N4OS/c1-14-13-15(2)25-23-20(14)16(3)21(30-23)22(29)27-24-26-18-11-7-8-12-19(18)28(24)17-9-5-4-6-10-17/h4-13H,1-3H3,(H,26,27,29). The highest BCUT2D eigenvalue weighted by atomic mass is 32.1. The molecule has 5 rings (SSSR count). The van der Waals surface area contributed by atoms with Crippen LogP contribution in [0.5, 0.6) is 0 Å². The van der Waals surface area contributed by atoms with Crippen LogP contribution >= 0.6 is 11.3 Å². The molecule has 3 aromatic heterocycles. The highest BCUT2D eigenvalue weighted by Crippen LogP contribution is 2.33. The Kier molecular flexibility index (Phi) is 4.37. The Morgan fingerprint density at radius 2 is 1.70 bits per heavy atom. The van der Waals surface area contributed by atoms with E-state index in [2.05, 4.69) is 28.3 Å². The van der Waals surface area contributed by atoms with E-state index in [4.69, 9.17) is 0 Å². The van der Waals surface area contributed by atoms with Crippen molar-refractivity contribution in [2.45, 2.75) is 20.8 Å². The minimum atomic E-state index is -0.167. The van der Waals surface area contributed by atoms with Crippen LogP contribution in [0.2, 0.25) is 0 Å². The molecule has 6 heteroatoms. The van der Waals surface area contributed by atoms with Crippen LogP contribution < -0.4 is 5.32 Å². The van der Waals surface area contributed by atoms with E-state index in [0.29, 0.717) is 10.8 Å². The molecule has 30 heavy (non-hydrogen) atoms. The zero-order valence-electron chi connectivity index (χ0n) is 16.9. The summed E-state index contributed by atoms with van der Waals surface area (Å²) in [5.41, 5.74) is 5.78. The Morgan fingerprint density at radius 3 is 2.50 bits per heavy atom. The van der Waals surface area contributed by atoms with Gasteiger partial charge in [0.05, 0.1) is 15.9 Å². The molecule has 1 amide bonds. The number of benzene rings is 2. The second kappa shape index (κ2) is 7.07. The van der Waals surface area contributed by atoms with E-state index in [1.165, 1.54) is 11.3 Å². The molecule has 0 saturated heterocycles. The number of hydrogen-bond acceptors (Lipinski definition) is 4. The topological polar surface area (TPSA) is 59.8 Å². The van der Waals surface area contributed by atoms with Crippen LogP contribution in [-0.2, 0) is 0 Å². The fraction of sp³-hybridized carbons (Fsp3) is 0.125. The maximum absolute atomic E-state index is 13.3. The predicted molar refractivity (Wildman–Crippen MR) is 123 cm³/mol. The van der Waals surface area contributed by atoms with Crippen molar-refractivity contribution < 1.29 is 4.79 Å². The van der Waals surface area contributed by atoms with E-state index in [9.17, 15) is 4.79 Å². The van der Waals surface area contributed by atoms with Gasteiger partial charge in [-0.25, -0.2) is 9.97 Å². The number of anilines is 1. The zero-order valence-corrected chi connectivity index (χ0v) is 17.7. The first kappa shape index (κ1) is 18.5. The van der Waals surface area contributed by atoms with E-state index >= 15 is 0 Å². The number of amides is 1. The second-order valence-electron chi connectivity index (χ2n) is 7.37. The van der Waals surface area contributed by atoms with Gasteiger partial charge in [-0.1, -0.05) is 30.3 Å². The van der Waals surface area contributed by atoms with E-state index < -0.39 is 0 Å². The molecule has 3 heterocycles. The number of nitrogens with zero attached hydrogens (tertiary/aromatic N) is 3. The molecule has 0 saturated carbocycles. The van der Waals surface area contributed by atoms with Gasteiger partial charge in [-0.15, -0.1) is 11.3 Å². The van der Waals surface area contributed by atoms with Gasteiger partial charge < -0.3 is 0 Å². The molecule has 1 N–H and O–H groups in total. The smallest absolute Gasteiger partial charge is 0.268 e. The lowest BCUT2D eigenvalue weighted by Gasteiger charge is -2.10. The number of nitrogens with one attached hydrogen (secondary N) is 1. The highest BCUT2D eigenvalue weighted by Gasteiger charge is 2.21. The summed E-state index contributed by atoms with van der Waals surface area (Å²) in [6.45, 7) is 6.02. The Balaban J connectivity index is 1.62. The summed E-state index contributed by atoms with van der Waals surface area (Å²) in [5, 5.41) is 4.11. The summed E-state index contributed by atoms with van der Waals surface area (Å²) in [6.07, 6.45) is 0. The van der Waals surface area contributed by atoms with Crippen LogP contribution in [-0.4, -0.2) is 20.4 Å². The van der Waals surface area contributed by atoms with Gasteiger partial charge in [0.15, 0.2) is 0 Å². The average Bonchev–Trinajstić information content (AvgIpc) is 3.26. The van der Waals surface area contributed by atoms with Crippen LogP contribution in [0, 0.1) is 20.8 Å². The van der Waals surface area contributed by atoms with Crippen molar-refractivity contribution in [3.8, 4) is 5.69 Å². The Morgan fingerprint density at radius 1 is 0.967 bits per heavy atom. The van der Waals surface area contributed by atoms with Gasteiger partial charge in [-0.3, -0.25) is 14.7 Å². The molecule has 0 spiro atoms. The zero-order chi connectivity index (χ0) is 20.8. The van der Waals surface area contributed by atoms with E-state index in [1.807, 2.05) is 73.0 Å². The number of para-hydroxylation sites is 3. The van der Waals surface area contributed by atoms with Crippen molar-refractivity contribution >= 4 is 44.4 Å².